The van der Waals surface area contributed by atoms with Crippen LogP contribution in [0.25, 0.3) is 10.9 Å². The Labute approximate surface area is 116 Å². The lowest BCUT2D eigenvalue weighted by Crippen LogP contribution is -2.10. The number of pyridine rings is 1. The molecule has 1 heterocycles. The predicted octanol–water partition coefficient (Wildman–Crippen LogP) is 3.44. The van der Waals surface area contributed by atoms with Gasteiger partial charge in [0.25, 0.3) is 0 Å². The molecule has 0 saturated heterocycles. The molecule has 0 aliphatic heterocycles. The third-order valence-electron chi connectivity index (χ3n) is 2.66. The summed E-state index contributed by atoms with van der Waals surface area (Å²) in [6.45, 7) is 4.36. The van der Waals surface area contributed by atoms with Crippen molar-refractivity contribution >= 4 is 22.8 Å². The molecule has 106 valence electrons. The number of nitrogens with zero attached hydrogens (tertiary/aromatic N) is 1. The highest BCUT2D eigenvalue weighted by molar-refractivity contribution is 6.03. The van der Waals surface area contributed by atoms with Gasteiger partial charge in [0, 0.05) is 5.39 Å². The summed E-state index contributed by atoms with van der Waals surface area (Å²) in [4.78, 5) is 25.5. The van der Waals surface area contributed by atoms with Gasteiger partial charge in [0.15, 0.2) is 5.69 Å². The van der Waals surface area contributed by atoms with Crippen LogP contribution in [0.4, 0.5) is 0 Å². The van der Waals surface area contributed by atoms with E-state index in [4.69, 9.17) is 10.2 Å². The molecule has 0 radical (unpaired) electrons. The molecule has 1 aromatic heterocycles. The van der Waals surface area contributed by atoms with Crippen LogP contribution >= 0.6 is 0 Å². The Morgan fingerprint density at radius 1 is 1.05 bits per heavy atom. The zero-order chi connectivity index (χ0) is 15.1. The van der Waals surface area contributed by atoms with Crippen molar-refractivity contribution in [3.05, 3.63) is 41.6 Å². The molecule has 5 nitrogen and oxygen atoms in total. The largest absolute Gasteiger partial charge is 0.478 e. The highest BCUT2D eigenvalue weighted by atomic mass is 16.4. The summed E-state index contributed by atoms with van der Waals surface area (Å²) < 4.78 is 0. The molecule has 0 fully saturated rings. The van der Waals surface area contributed by atoms with E-state index in [1.54, 1.807) is 24.3 Å². The molecule has 0 unspecified atom stereocenters. The average Bonchev–Trinajstić information content (AvgIpc) is 2.46. The van der Waals surface area contributed by atoms with Crippen LogP contribution < -0.4 is 0 Å². The number of unbranched alkanes of at least 4 members (excludes halogenated alkanes) is 1. The topological polar surface area (TPSA) is 87.5 Å². The van der Waals surface area contributed by atoms with Gasteiger partial charge in [-0.3, -0.25) is 0 Å². The summed E-state index contributed by atoms with van der Waals surface area (Å²) in [6.07, 6.45) is 2.64. The molecular weight excluding hydrogens is 258 g/mol. The molecular formula is C15H17NO4. The normalized spacial score (nSPS) is 9.70. The second-order valence-corrected chi connectivity index (χ2v) is 4.19. The molecule has 0 saturated carbocycles. The van der Waals surface area contributed by atoms with Gasteiger partial charge >= 0.3 is 11.9 Å². The summed E-state index contributed by atoms with van der Waals surface area (Å²) in [5, 5.41) is 18.3. The molecule has 0 aliphatic carbocycles. The van der Waals surface area contributed by atoms with Crippen molar-refractivity contribution in [3.63, 3.8) is 0 Å². The summed E-state index contributed by atoms with van der Waals surface area (Å²) in [5.74, 6) is -2.64. The second kappa shape index (κ2) is 7.23. The molecule has 2 N–H and O–H groups in total. The fourth-order valence-electron chi connectivity index (χ4n) is 1.44. The van der Waals surface area contributed by atoms with E-state index >= 15 is 0 Å². The van der Waals surface area contributed by atoms with Crippen LogP contribution in [0.15, 0.2) is 30.3 Å². The van der Waals surface area contributed by atoms with Gasteiger partial charge in [-0.05, 0) is 12.1 Å². The molecule has 0 atom stereocenters. The number of fused-ring (bicyclic) bond motifs is 1. The van der Waals surface area contributed by atoms with Crippen molar-refractivity contribution in [2.45, 2.75) is 26.7 Å². The van der Waals surface area contributed by atoms with Crippen LogP contribution in [0.5, 0.6) is 0 Å². The minimum atomic E-state index is -1.34. The van der Waals surface area contributed by atoms with E-state index in [2.05, 4.69) is 18.8 Å². The zero-order valence-corrected chi connectivity index (χ0v) is 11.5. The van der Waals surface area contributed by atoms with Crippen LogP contribution in [0.3, 0.4) is 0 Å². The highest BCUT2D eigenvalue weighted by Crippen LogP contribution is 2.16. The Kier molecular flexibility index (Phi) is 5.65. The standard InChI is InChI=1S/C11H7NO4.C4H10/c13-10(14)7-5-6-3-1-2-4-8(6)12-9(7)11(15)16;1-3-4-2/h1-5H,(H,13,14)(H,15,16);3-4H2,1-2H3. The first-order valence-corrected chi connectivity index (χ1v) is 6.37. The zero-order valence-electron chi connectivity index (χ0n) is 11.5. The average molecular weight is 275 g/mol. The Morgan fingerprint density at radius 3 is 2.15 bits per heavy atom. The van der Waals surface area contributed by atoms with Crippen molar-refractivity contribution in [3.8, 4) is 0 Å². The summed E-state index contributed by atoms with van der Waals surface area (Å²) in [6, 6.07) is 8.07. The fraction of sp³-hybridized carbons (Fsp3) is 0.267. The van der Waals surface area contributed by atoms with Gasteiger partial charge in [-0.2, -0.15) is 0 Å². The van der Waals surface area contributed by atoms with E-state index in [9.17, 15) is 9.59 Å². The second-order valence-electron chi connectivity index (χ2n) is 4.19. The van der Waals surface area contributed by atoms with Crippen LogP contribution in [-0.2, 0) is 0 Å². The number of aromatic nitrogens is 1. The summed E-state index contributed by atoms with van der Waals surface area (Å²) in [5.41, 5.74) is -0.276. The Morgan fingerprint density at radius 2 is 1.65 bits per heavy atom. The predicted molar refractivity (Wildman–Crippen MR) is 76.2 cm³/mol. The lowest BCUT2D eigenvalue weighted by molar-refractivity contribution is 0.0647. The Balaban J connectivity index is 0.000000444. The number of benzene rings is 1. The van der Waals surface area contributed by atoms with Crippen molar-refractivity contribution < 1.29 is 19.8 Å². The molecule has 1 aromatic carbocycles. The molecule has 2 rings (SSSR count). The molecule has 0 amide bonds. The first kappa shape index (κ1) is 15.6. The number of aromatic carboxylic acids is 2. The molecule has 0 aliphatic rings. The van der Waals surface area contributed by atoms with Gasteiger partial charge in [0.05, 0.1) is 11.1 Å². The SMILES string of the molecule is CCCC.O=C(O)c1cc2ccccc2nc1C(=O)O. The van der Waals surface area contributed by atoms with E-state index in [0.717, 1.165) is 0 Å². The molecule has 0 spiro atoms. The fourth-order valence-corrected chi connectivity index (χ4v) is 1.44. The van der Waals surface area contributed by atoms with E-state index in [1.807, 2.05) is 0 Å². The first-order chi connectivity index (χ1) is 9.51. The maximum Gasteiger partial charge on any atom is 0.355 e. The van der Waals surface area contributed by atoms with Gasteiger partial charge in [-0.25, -0.2) is 14.6 Å². The van der Waals surface area contributed by atoms with E-state index < -0.39 is 17.6 Å². The number of carbonyl (C=O) groups is 2. The van der Waals surface area contributed by atoms with Crippen molar-refractivity contribution in [2.24, 2.45) is 0 Å². The van der Waals surface area contributed by atoms with Gasteiger partial charge in [-0.15, -0.1) is 0 Å². The van der Waals surface area contributed by atoms with E-state index in [-0.39, 0.29) is 5.56 Å². The summed E-state index contributed by atoms with van der Waals surface area (Å²) >= 11 is 0. The molecule has 20 heavy (non-hydrogen) atoms. The van der Waals surface area contributed by atoms with Gasteiger partial charge < -0.3 is 10.2 Å². The number of carboxylic acid groups (broad SMARTS) is 2. The van der Waals surface area contributed by atoms with Gasteiger partial charge in [0.1, 0.15) is 0 Å². The first-order valence-electron chi connectivity index (χ1n) is 6.37. The van der Waals surface area contributed by atoms with Crippen LogP contribution in [0.2, 0.25) is 0 Å². The van der Waals surface area contributed by atoms with Crippen molar-refractivity contribution in [2.75, 3.05) is 0 Å². The van der Waals surface area contributed by atoms with Crippen LogP contribution in [0, 0.1) is 0 Å². The minimum Gasteiger partial charge on any atom is -0.478 e. The molecule has 0 bridgehead atoms. The maximum absolute atomic E-state index is 10.9. The lowest BCUT2D eigenvalue weighted by atomic mass is 10.1. The number of rotatable bonds is 3. The molecule has 5 heteroatoms. The van der Waals surface area contributed by atoms with E-state index in [0.29, 0.717) is 10.9 Å². The highest BCUT2D eigenvalue weighted by Gasteiger charge is 2.18. The van der Waals surface area contributed by atoms with E-state index in [1.165, 1.54) is 18.9 Å². The lowest BCUT2D eigenvalue weighted by Gasteiger charge is -2.03. The van der Waals surface area contributed by atoms with Crippen molar-refractivity contribution in [1.29, 1.82) is 0 Å². The number of para-hydroxylation sites is 1. The third kappa shape index (κ3) is 3.78. The summed E-state index contributed by atoms with van der Waals surface area (Å²) in [7, 11) is 0. The third-order valence-corrected chi connectivity index (χ3v) is 2.66. The maximum atomic E-state index is 10.9. The van der Waals surface area contributed by atoms with Crippen LogP contribution in [-0.4, -0.2) is 27.1 Å². The van der Waals surface area contributed by atoms with Gasteiger partial charge in [-0.1, -0.05) is 44.9 Å². The Bertz CT molecular complexity index is 568. The van der Waals surface area contributed by atoms with Crippen LogP contribution in [0.1, 0.15) is 47.5 Å². The molecule has 2 aromatic rings. The smallest absolute Gasteiger partial charge is 0.355 e. The quantitative estimate of drug-likeness (QED) is 0.895. The van der Waals surface area contributed by atoms with Crippen molar-refractivity contribution in [1.82, 2.24) is 4.98 Å². The number of hydrogen-bond donors (Lipinski definition) is 2. The Hall–Kier alpha value is -2.43. The number of carboxylic acids is 2. The minimum absolute atomic E-state index is 0.300. The number of hydrogen-bond acceptors (Lipinski definition) is 3. The monoisotopic (exact) mass is 275 g/mol. The van der Waals surface area contributed by atoms with Gasteiger partial charge in [0.2, 0.25) is 0 Å².